The molecule has 1 saturated heterocycles. The molecule has 1 fully saturated rings. The molecule has 28 heavy (non-hydrogen) atoms. The zero-order valence-corrected chi connectivity index (χ0v) is 15.5. The number of nitrogens with zero attached hydrogens (tertiary/aromatic N) is 3. The monoisotopic (exact) mass is 379 g/mol. The number of fused-ring (bicyclic) bond motifs is 1. The lowest BCUT2D eigenvalue weighted by atomic mass is 10.1. The summed E-state index contributed by atoms with van der Waals surface area (Å²) in [5.74, 6) is 2.43. The summed E-state index contributed by atoms with van der Waals surface area (Å²) in [6.45, 7) is 3.61. The zero-order valence-electron chi connectivity index (χ0n) is 15.5. The maximum atomic E-state index is 10.2. The molecule has 3 heterocycles. The second-order valence-corrected chi connectivity index (χ2v) is 7.34. The van der Waals surface area contributed by atoms with Gasteiger partial charge in [0.25, 0.3) is 0 Å². The molecule has 0 spiro atoms. The smallest absolute Gasteiger partial charge is 0.244 e. The molecule has 0 bridgehead atoms. The Morgan fingerprint density at radius 2 is 1.93 bits per heavy atom. The van der Waals surface area contributed by atoms with Crippen molar-refractivity contribution < 1.29 is 19.1 Å². The third-order valence-electron chi connectivity index (χ3n) is 5.25. The van der Waals surface area contributed by atoms with Gasteiger partial charge in [-0.2, -0.15) is 4.98 Å². The molecule has 1 aromatic heterocycles. The summed E-state index contributed by atoms with van der Waals surface area (Å²) in [4.78, 5) is 6.79. The van der Waals surface area contributed by atoms with E-state index in [0.717, 1.165) is 17.9 Å². The summed E-state index contributed by atoms with van der Waals surface area (Å²) in [6, 6.07) is 13.9. The molecule has 0 saturated carbocycles. The van der Waals surface area contributed by atoms with Crippen molar-refractivity contribution in [1.82, 2.24) is 15.0 Å². The van der Waals surface area contributed by atoms with Crippen molar-refractivity contribution in [1.29, 1.82) is 0 Å². The first kappa shape index (κ1) is 17.2. The van der Waals surface area contributed by atoms with Crippen LogP contribution in [0.3, 0.4) is 0 Å². The Morgan fingerprint density at radius 3 is 2.79 bits per heavy atom. The first-order valence-corrected chi connectivity index (χ1v) is 9.37. The second-order valence-electron chi connectivity index (χ2n) is 7.34. The average Bonchev–Trinajstić information content (AvgIpc) is 3.42. The molecule has 2 aliphatic rings. The third-order valence-corrected chi connectivity index (χ3v) is 5.25. The lowest BCUT2D eigenvalue weighted by Crippen LogP contribution is -2.24. The van der Waals surface area contributed by atoms with E-state index in [1.807, 2.05) is 18.2 Å². The highest BCUT2D eigenvalue weighted by molar-refractivity contribution is 5.61. The van der Waals surface area contributed by atoms with Crippen LogP contribution in [0.15, 0.2) is 47.0 Å². The van der Waals surface area contributed by atoms with E-state index >= 15 is 0 Å². The Morgan fingerprint density at radius 1 is 1.11 bits per heavy atom. The molecule has 2 aliphatic heterocycles. The van der Waals surface area contributed by atoms with Gasteiger partial charge in [-0.1, -0.05) is 35.0 Å². The van der Waals surface area contributed by atoms with Gasteiger partial charge in [-0.25, -0.2) is 0 Å². The van der Waals surface area contributed by atoms with Crippen LogP contribution >= 0.6 is 0 Å². The quantitative estimate of drug-likeness (QED) is 0.746. The fourth-order valence-electron chi connectivity index (χ4n) is 3.76. The van der Waals surface area contributed by atoms with Gasteiger partial charge in [0.1, 0.15) is 0 Å². The predicted octanol–water partition coefficient (Wildman–Crippen LogP) is 3.08. The Bertz CT molecular complexity index is 986. The van der Waals surface area contributed by atoms with E-state index in [9.17, 15) is 5.11 Å². The molecule has 7 heteroatoms. The van der Waals surface area contributed by atoms with Gasteiger partial charge >= 0.3 is 0 Å². The summed E-state index contributed by atoms with van der Waals surface area (Å²) >= 11 is 0. The van der Waals surface area contributed by atoms with Crippen LogP contribution in [0, 0.1) is 6.92 Å². The Kier molecular flexibility index (Phi) is 4.26. The molecule has 7 nitrogen and oxygen atoms in total. The number of ether oxygens (including phenoxy) is 2. The van der Waals surface area contributed by atoms with Crippen molar-refractivity contribution in [2.75, 3.05) is 13.3 Å². The molecule has 0 unspecified atom stereocenters. The lowest BCUT2D eigenvalue weighted by molar-refractivity contribution is 0.169. The standard InChI is InChI=1S/C21H21N3O4/c1-13-2-4-14(5-3-13)10-24-11-16(25)9-17(24)21-22-20(23-28-21)15-6-7-18-19(8-15)27-12-26-18/h2-8,16-17,25H,9-12H2,1H3/t16-,17+/m1/s1. The Labute approximate surface area is 162 Å². The molecule has 0 aliphatic carbocycles. The van der Waals surface area contributed by atoms with Crippen LogP contribution in [0.5, 0.6) is 11.5 Å². The molecule has 144 valence electrons. The Balaban J connectivity index is 1.38. The highest BCUT2D eigenvalue weighted by atomic mass is 16.7. The van der Waals surface area contributed by atoms with Crippen molar-refractivity contribution in [2.45, 2.75) is 32.0 Å². The van der Waals surface area contributed by atoms with Crippen molar-refractivity contribution >= 4 is 0 Å². The zero-order chi connectivity index (χ0) is 19.1. The topological polar surface area (TPSA) is 80.9 Å². The summed E-state index contributed by atoms with van der Waals surface area (Å²) in [5.41, 5.74) is 3.23. The number of aryl methyl sites for hydroxylation is 1. The number of likely N-dealkylation sites (tertiary alicyclic amines) is 1. The third kappa shape index (κ3) is 3.23. The van der Waals surface area contributed by atoms with Gasteiger partial charge in [-0.3, -0.25) is 4.90 Å². The summed E-state index contributed by atoms with van der Waals surface area (Å²) in [5, 5.41) is 14.4. The van der Waals surface area contributed by atoms with Crippen LogP contribution in [0.2, 0.25) is 0 Å². The van der Waals surface area contributed by atoms with E-state index in [1.165, 1.54) is 11.1 Å². The van der Waals surface area contributed by atoms with Crippen LogP contribution in [0.4, 0.5) is 0 Å². The minimum atomic E-state index is -0.406. The van der Waals surface area contributed by atoms with E-state index in [1.54, 1.807) is 0 Å². The minimum Gasteiger partial charge on any atom is -0.454 e. The van der Waals surface area contributed by atoms with Crippen LogP contribution in [0.1, 0.15) is 29.5 Å². The number of β-amino-alcohol motifs (C(OH)–C–C–N with tert-alkyl or cyclic N) is 1. The first-order chi connectivity index (χ1) is 13.7. The van der Waals surface area contributed by atoms with Gasteiger partial charge in [0.2, 0.25) is 18.5 Å². The van der Waals surface area contributed by atoms with E-state index in [-0.39, 0.29) is 12.8 Å². The summed E-state index contributed by atoms with van der Waals surface area (Å²) in [7, 11) is 0. The van der Waals surface area contributed by atoms with Gasteiger partial charge in [0, 0.05) is 18.7 Å². The summed E-state index contributed by atoms with van der Waals surface area (Å²) < 4.78 is 16.3. The largest absolute Gasteiger partial charge is 0.454 e. The van der Waals surface area contributed by atoms with Crippen molar-refractivity contribution in [3.63, 3.8) is 0 Å². The van der Waals surface area contributed by atoms with Gasteiger partial charge in [0.15, 0.2) is 11.5 Å². The molecule has 2 aromatic carbocycles. The molecule has 1 N–H and O–H groups in total. The molecular formula is C21H21N3O4. The van der Waals surface area contributed by atoms with Gasteiger partial charge in [-0.05, 0) is 37.1 Å². The van der Waals surface area contributed by atoms with Crippen LogP contribution in [-0.4, -0.2) is 39.6 Å². The fraction of sp³-hybridized carbons (Fsp3) is 0.333. The maximum absolute atomic E-state index is 10.2. The number of hydrogen-bond donors (Lipinski definition) is 1. The number of aliphatic hydroxyl groups is 1. The number of rotatable bonds is 4. The molecule has 2 atom stereocenters. The highest BCUT2D eigenvalue weighted by Gasteiger charge is 2.36. The number of hydrogen-bond acceptors (Lipinski definition) is 7. The van der Waals surface area contributed by atoms with E-state index in [4.69, 9.17) is 14.0 Å². The first-order valence-electron chi connectivity index (χ1n) is 9.37. The second kappa shape index (κ2) is 6.92. The lowest BCUT2D eigenvalue weighted by Gasteiger charge is -2.21. The average molecular weight is 379 g/mol. The van der Waals surface area contributed by atoms with Crippen LogP contribution in [0.25, 0.3) is 11.4 Å². The Hall–Kier alpha value is -2.90. The number of aliphatic hydroxyl groups excluding tert-OH is 1. The number of aromatic nitrogens is 2. The van der Waals surface area contributed by atoms with Crippen molar-refractivity contribution in [2.24, 2.45) is 0 Å². The SMILES string of the molecule is Cc1ccc(CN2C[C@H](O)C[C@H]2c2nc(-c3ccc4c(c3)OCO4)no2)cc1. The molecular weight excluding hydrogens is 358 g/mol. The maximum Gasteiger partial charge on any atom is 0.244 e. The van der Waals surface area contributed by atoms with E-state index in [2.05, 4.69) is 46.2 Å². The highest BCUT2D eigenvalue weighted by Crippen LogP contribution is 2.37. The van der Waals surface area contributed by atoms with Gasteiger partial charge < -0.3 is 19.1 Å². The van der Waals surface area contributed by atoms with Gasteiger partial charge in [-0.15, -0.1) is 0 Å². The van der Waals surface area contributed by atoms with E-state index < -0.39 is 6.10 Å². The van der Waals surface area contributed by atoms with Crippen molar-refractivity contribution in [3.8, 4) is 22.9 Å². The minimum absolute atomic E-state index is 0.105. The fourth-order valence-corrected chi connectivity index (χ4v) is 3.76. The molecule has 0 amide bonds. The molecule has 5 rings (SSSR count). The van der Waals surface area contributed by atoms with Gasteiger partial charge in [0.05, 0.1) is 12.1 Å². The molecule has 0 radical (unpaired) electrons. The summed E-state index contributed by atoms with van der Waals surface area (Å²) in [6.07, 6.45) is 0.172. The van der Waals surface area contributed by atoms with Crippen LogP contribution < -0.4 is 9.47 Å². The van der Waals surface area contributed by atoms with E-state index in [0.29, 0.717) is 30.4 Å². The number of benzene rings is 2. The molecule has 3 aromatic rings. The van der Waals surface area contributed by atoms with Crippen molar-refractivity contribution in [3.05, 3.63) is 59.5 Å². The normalized spacial score (nSPS) is 21.4. The van der Waals surface area contributed by atoms with Crippen LogP contribution in [-0.2, 0) is 6.54 Å². The predicted molar refractivity (Wildman–Crippen MR) is 101 cm³/mol.